The molecule has 1 N–H and O–H groups in total. The molecule has 0 aromatic rings. The van der Waals surface area contributed by atoms with Gasteiger partial charge in [-0.05, 0) is 33.7 Å². The number of carbonyl (C=O) groups excluding carboxylic acids is 1. The Balaban J connectivity index is 3.31. The quantitative estimate of drug-likeness (QED) is 0.120. The van der Waals surface area contributed by atoms with Crippen LogP contribution in [0.4, 0.5) is 0 Å². The molecule has 0 fully saturated rings. The predicted octanol–water partition coefficient (Wildman–Crippen LogP) is 7.74. The molecule has 0 aliphatic carbocycles. The zero-order valence-corrected chi connectivity index (χ0v) is 20.3. The predicted molar refractivity (Wildman–Crippen MR) is 127 cm³/mol. The molecule has 0 atom stereocenters. The van der Waals surface area contributed by atoms with Gasteiger partial charge in [0.25, 0.3) is 0 Å². The highest BCUT2D eigenvalue weighted by molar-refractivity contribution is 5.86. The third kappa shape index (κ3) is 20.2. The Morgan fingerprint density at radius 3 is 1.52 bits per heavy atom. The van der Waals surface area contributed by atoms with Gasteiger partial charge in [0.05, 0.1) is 0 Å². The molecule has 0 saturated carbocycles. The maximum absolute atomic E-state index is 11.5. The highest BCUT2D eigenvalue weighted by Gasteiger charge is 2.19. The Morgan fingerprint density at radius 1 is 0.759 bits per heavy atom. The van der Waals surface area contributed by atoms with Gasteiger partial charge in [-0.25, -0.2) is 4.79 Å². The van der Waals surface area contributed by atoms with Crippen LogP contribution in [-0.4, -0.2) is 24.7 Å². The molecule has 3 nitrogen and oxygen atoms in total. The van der Waals surface area contributed by atoms with Gasteiger partial charge >= 0.3 is 5.97 Å². The zero-order chi connectivity index (χ0) is 21.8. The van der Waals surface area contributed by atoms with Crippen LogP contribution in [0, 0.1) is 0 Å². The van der Waals surface area contributed by atoms with Gasteiger partial charge in [-0.2, -0.15) is 0 Å². The van der Waals surface area contributed by atoms with E-state index in [1.165, 1.54) is 103 Å². The summed E-state index contributed by atoms with van der Waals surface area (Å²) in [7, 11) is 0. The van der Waals surface area contributed by atoms with Crippen LogP contribution in [0.3, 0.4) is 0 Å². The van der Waals surface area contributed by atoms with E-state index in [9.17, 15) is 4.79 Å². The van der Waals surface area contributed by atoms with E-state index in [-0.39, 0.29) is 11.5 Å². The maximum Gasteiger partial charge on any atom is 0.333 e. The summed E-state index contributed by atoms with van der Waals surface area (Å²) in [6.07, 6.45) is 22.3. The minimum absolute atomic E-state index is 0.180. The molecule has 0 aliphatic heterocycles. The van der Waals surface area contributed by atoms with Crippen LogP contribution in [-0.2, 0) is 9.53 Å². The number of esters is 1. The molecule has 3 heteroatoms. The van der Waals surface area contributed by atoms with E-state index >= 15 is 0 Å². The van der Waals surface area contributed by atoms with E-state index < -0.39 is 0 Å². The highest BCUT2D eigenvalue weighted by atomic mass is 16.5. The van der Waals surface area contributed by atoms with E-state index in [2.05, 4.69) is 32.7 Å². The number of nitrogens with one attached hydrogen (secondary N) is 1. The average Bonchev–Trinajstić information content (AvgIpc) is 2.68. The van der Waals surface area contributed by atoms with Gasteiger partial charge in [-0.3, -0.25) is 0 Å². The van der Waals surface area contributed by atoms with Crippen molar-refractivity contribution < 1.29 is 9.53 Å². The lowest BCUT2D eigenvalue weighted by Gasteiger charge is -2.26. The molecule has 0 aromatic carbocycles. The van der Waals surface area contributed by atoms with Gasteiger partial charge in [-0.15, -0.1) is 0 Å². The Kier molecular flexibility index (Phi) is 18.6. The number of carbonyl (C=O) groups is 1. The smallest absolute Gasteiger partial charge is 0.333 e. The molecular formula is C26H51NO2. The first-order chi connectivity index (χ1) is 13.9. The van der Waals surface area contributed by atoms with Crippen LogP contribution in [0.1, 0.15) is 130 Å². The summed E-state index contributed by atoms with van der Waals surface area (Å²) < 4.78 is 5.25. The van der Waals surface area contributed by atoms with Gasteiger partial charge in [0.2, 0.25) is 0 Å². The van der Waals surface area contributed by atoms with E-state index in [0.717, 1.165) is 6.54 Å². The first-order valence-corrected chi connectivity index (χ1v) is 12.5. The van der Waals surface area contributed by atoms with Crippen molar-refractivity contribution in [2.75, 3.05) is 13.2 Å². The van der Waals surface area contributed by atoms with Crippen molar-refractivity contribution in [3.63, 3.8) is 0 Å². The van der Waals surface area contributed by atoms with Crippen LogP contribution in [0.2, 0.25) is 0 Å². The Hall–Kier alpha value is -0.830. The normalized spacial score (nSPS) is 11.6. The number of ether oxygens (including phenoxy) is 1. The molecule has 29 heavy (non-hydrogen) atoms. The number of hydrogen-bond donors (Lipinski definition) is 1. The molecule has 0 saturated heterocycles. The lowest BCUT2D eigenvalue weighted by Crippen LogP contribution is -2.44. The lowest BCUT2D eigenvalue weighted by molar-refractivity contribution is -0.140. The minimum atomic E-state index is -0.303. The van der Waals surface area contributed by atoms with Crippen LogP contribution in [0.25, 0.3) is 0 Å². The molecule has 0 aromatic heterocycles. The Labute approximate surface area is 182 Å². The Morgan fingerprint density at radius 2 is 1.14 bits per heavy atom. The van der Waals surface area contributed by atoms with Crippen molar-refractivity contribution in [3.8, 4) is 0 Å². The van der Waals surface area contributed by atoms with E-state index in [0.29, 0.717) is 12.2 Å². The molecular weight excluding hydrogens is 358 g/mol. The van der Waals surface area contributed by atoms with Crippen molar-refractivity contribution in [1.29, 1.82) is 0 Å². The topological polar surface area (TPSA) is 38.3 Å². The molecule has 0 rings (SSSR count). The van der Waals surface area contributed by atoms with Crippen molar-refractivity contribution >= 4 is 5.97 Å². The second-order valence-electron chi connectivity index (χ2n) is 9.47. The highest BCUT2D eigenvalue weighted by Crippen LogP contribution is 2.14. The summed E-state index contributed by atoms with van der Waals surface area (Å²) in [5.74, 6) is -0.303. The molecule has 0 unspecified atom stereocenters. The largest absolute Gasteiger partial charge is 0.460 e. The number of hydrogen-bond acceptors (Lipinski definition) is 3. The van der Waals surface area contributed by atoms with E-state index in [4.69, 9.17) is 4.74 Å². The van der Waals surface area contributed by atoms with Crippen LogP contribution >= 0.6 is 0 Å². The molecule has 0 radical (unpaired) electrons. The molecule has 0 heterocycles. The van der Waals surface area contributed by atoms with Crippen molar-refractivity contribution in [3.05, 3.63) is 12.2 Å². The SMILES string of the molecule is C=C(C)C(=O)OCC(C)(C)NCCCCCCCCCCCCCCCCCC. The summed E-state index contributed by atoms with van der Waals surface area (Å²) in [6, 6.07) is 0. The van der Waals surface area contributed by atoms with E-state index in [1.54, 1.807) is 6.92 Å². The minimum Gasteiger partial charge on any atom is -0.460 e. The van der Waals surface area contributed by atoms with Crippen LogP contribution in [0.5, 0.6) is 0 Å². The number of unbranched alkanes of at least 4 members (excludes halogenated alkanes) is 15. The molecule has 0 amide bonds. The fourth-order valence-electron chi connectivity index (χ4n) is 3.52. The third-order valence-corrected chi connectivity index (χ3v) is 5.55. The first kappa shape index (κ1) is 28.2. The Bertz CT molecular complexity index is 404. The first-order valence-electron chi connectivity index (χ1n) is 12.5. The number of rotatable bonds is 21. The van der Waals surface area contributed by atoms with Gasteiger partial charge in [0.15, 0.2) is 0 Å². The molecule has 0 bridgehead atoms. The summed E-state index contributed by atoms with van der Waals surface area (Å²) in [5.41, 5.74) is 0.277. The third-order valence-electron chi connectivity index (χ3n) is 5.55. The summed E-state index contributed by atoms with van der Waals surface area (Å²) in [5, 5.41) is 3.50. The summed E-state index contributed by atoms with van der Waals surface area (Å²) in [6.45, 7) is 13.1. The monoisotopic (exact) mass is 409 g/mol. The van der Waals surface area contributed by atoms with Gasteiger partial charge in [-0.1, -0.05) is 110 Å². The second kappa shape index (κ2) is 19.2. The average molecular weight is 410 g/mol. The lowest BCUT2D eigenvalue weighted by atomic mass is 10.0. The molecule has 0 spiro atoms. The van der Waals surface area contributed by atoms with Gasteiger partial charge in [0.1, 0.15) is 6.61 Å². The summed E-state index contributed by atoms with van der Waals surface area (Å²) >= 11 is 0. The molecule has 0 aliphatic rings. The standard InChI is InChI=1S/C26H51NO2/c1-6-7-8-9-10-11-12-13-14-15-16-17-18-19-20-21-22-27-26(4,5)23-29-25(28)24(2)3/h27H,2,6-23H2,1,3-5H3. The van der Waals surface area contributed by atoms with Crippen molar-refractivity contribution in [1.82, 2.24) is 5.32 Å². The fraction of sp³-hybridized carbons (Fsp3) is 0.885. The maximum atomic E-state index is 11.5. The fourth-order valence-corrected chi connectivity index (χ4v) is 3.52. The summed E-state index contributed by atoms with van der Waals surface area (Å²) in [4.78, 5) is 11.5. The molecule has 172 valence electrons. The van der Waals surface area contributed by atoms with Crippen molar-refractivity contribution in [2.24, 2.45) is 0 Å². The second-order valence-corrected chi connectivity index (χ2v) is 9.47. The van der Waals surface area contributed by atoms with Crippen LogP contribution in [0.15, 0.2) is 12.2 Å². The van der Waals surface area contributed by atoms with Crippen LogP contribution < -0.4 is 5.32 Å². The van der Waals surface area contributed by atoms with Crippen molar-refractivity contribution in [2.45, 2.75) is 136 Å². The van der Waals surface area contributed by atoms with E-state index in [1.807, 2.05) is 0 Å². The van der Waals surface area contributed by atoms with Gasteiger partial charge in [0, 0.05) is 11.1 Å². The zero-order valence-electron chi connectivity index (χ0n) is 20.3. The van der Waals surface area contributed by atoms with Gasteiger partial charge < -0.3 is 10.1 Å².